The first-order valence-electron chi connectivity index (χ1n) is 8.25. The summed E-state index contributed by atoms with van der Waals surface area (Å²) in [5.74, 6) is 1.02. The van der Waals surface area contributed by atoms with Gasteiger partial charge in [0.1, 0.15) is 0 Å². The highest BCUT2D eigenvalue weighted by molar-refractivity contribution is 6.30. The van der Waals surface area contributed by atoms with Gasteiger partial charge in [-0.3, -0.25) is 9.59 Å². The Morgan fingerprint density at radius 1 is 1.36 bits per heavy atom. The Kier molecular flexibility index (Phi) is 5.65. The summed E-state index contributed by atoms with van der Waals surface area (Å²) < 4.78 is 5.22. The van der Waals surface area contributed by atoms with Crippen molar-refractivity contribution in [3.8, 4) is 11.4 Å². The molecule has 2 N–H and O–H groups in total. The molecule has 0 spiro atoms. The quantitative estimate of drug-likeness (QED) is 0.820. The molecule has 132 valence electrons. The molecular formula is C17H19ClN4O3. The predicted octanol–water partition coefficient (Wildman–Crippen LogP) is 2.11. The summed E-state index contributed by atoms with van der Waals surface area (Å²) in [6, 6.07) is 7.21. The van der Waals surface area contributed by atoms with Crippen LogP contribution in [0.2, 0.25) is 5.02 Å². The summed E-state index contributed by atoms with van der Waals surface area (Å²) in [6.07, 6.45) is 2.68. The average Bonchev–Trinajstić information content (AvgIpc) is 3.06. The summed E-state index contributed by atoms with van der Waals surface area (Å²) in [6.45, 7) is 0.499. The van der Waals surface area contributed by atoms with Crippen LogP contribution in [-0.2, 0) is 16.0 Å². The number of hydrogen-bond donors (Lipinski definition) is 2. The van der Waals surface area contributed by atoms with Crippen LogP contribution in [0.15, 0.2) is 28.8 Å². The number of halogens is 1. The highest BCUT2D eigenvalue weighted by Gasteiger charge is 2.19. The van der Waals surface area contributed by atoms with Crippen LogP contribution in [0.25, 0.3) is 11.4 Å². The lowest BCUT2D eigenvalue weighted by Gasteiger charge is -2.23. The lowest BCUT2D eigenvalue weighted by Crippen LogP contribution is -2.47. The van der Waals surface area contributed by atoms with Gasteiger partial charge >= 0.3 is 0 Å². The smallest absolute Gasteiger partial charge is 0.226 e. The maximum atomic E-state index is 11.9. The van der Waals surface area contributed by atoms with E-state index in [1.165, 1.54) is 0 Å². The molecule has 8 heteroatoms. The molecule has 2 heterocycles. The van der Waals surface area contributed by atoms with Crippen molar-refractivity contribution in [2.45, 2.75) is 38.1 Å². The average molecular weight is 363 g/mol. The van der Waals surface area contributed by atoms with E-state index in [1.54, 1.807) is 12.1 Å². The van der Waals surface area contributed by atoms with E-state index in [0.29, 0.717) is 55.4 Å². The van der Waals surface area contributed by atoms with Crippen molar-refractivity contribution in [1.82, 2.24) is 20.8 Å². The molecule has 1 saturated heterocycles. The second-order valence-electron chi connectivity index (χ2n) is 5.98. The van der Waals surface area contributed by atoms with Crippen molar-refractivity contribution < 1.29 is 14.1 Å². The van der Waals surface area contributed by atoms with Gasteiger partial charge in [0.2, 0.25) is 23.5 Å². The number of hydrogen-bond acceptors (Lipinski definition) is 5. The van der Waals surface area contributed by atoms with Gasteiger partial charge < -0.3 is 15.2 Å². The number of nitrogens with one attached hydrogen (secondary N) is 2. The van der Waals surface area contributed by atoms with Crippen molar-refractivity contribution in [3.05, 3.63) is 35.2 Å². The SMILES string of the molecule is O=C1CCC(NC(=O)CCCc2nc(-c3ccc(Cl)cc3)no2)CN1. The second-order valence-corrected chi connectivity index (χ2v) is 6.42. The lowest BCUT2D eigenvalue weighted by molar-refractivity contribution is -0.125. The maximum absolute atomic E-state index is 11.9. The number of carbonyl (C=O) groups is 2. The molecular weight excluding hydrogens is 344 g/mol. The van der Waals surface area contributed by atoms with Crippen LogP contribution in [0.5, 0.6) is 0 Å². The van der Waals surface area contributed by atoms with Crippen molar-refractivity contribution in [1.29, 1.82) is 0 Å². The van der Waals surface area contributed by atoms with Gasteiger partial charge in [-0.2, -0.15) is 4.98 Å². The minimum absolute atomic E-state index is 0.0186. The molecule has 0 aliphatic carbocycles. The Morgan fingerprint density at radius 2 is 2.16 bits per heavy atom. The molecule has 1 aliphatic heterocycles. The number of nitrogens with zero attached hydrogens (tertiary/aromatic N) is 2. The van der Waals surface area contributed by atoms with Crippen LogP contribution < -0.4 is 10.6 Å². The number of aromatic nitrogens is 2. The fourth-order valence-electron chi connectivity index (χ4n) is 2.63. The van der Waals surface area contributed by atoms with E-state index in [1.807, 2.05) is 12.1 Å². The third-order valence-corrected chi connectivity index (χ3v) is 4.25. The minimum atomic E-state index is -0.0291. The fourth-order valence-corrected chi connectivity index (χ4v) is 2.75. The molecule has 1 aromatic carbocycles. The van der Waals surface area contributed by atoms with E-state index in [9.17, 15) is 9.59 Å². The zero-order valence-corrected chi connectivity index (χ0v) is 14.4. The number of benzene rings is 1. The molecule has 1 atom stereocenters. The molecule has 1 aliphatic rings. The summed E-state index contributed by atoms with van der Waals surface area (Å²) >= 11 is 5.86. The Hall–Kier alpha value is -2.41. The van der Waals surface area contributed by atoms with E-state index in [4.69, 9.17) is 16.1 Å². The Bertz CT molecular complexity index is 735. The molecule has 0 saturated carbocycles. The van der Waals surface area contributed by atoms with Crippen molar-refractivity contribution in [2.75, 3.05) is 6.54 Å². The van der Waals surface area contributed by atoms with Gasteiger partial charge in [0, 0.05) is 42.4 Å². The molecule has 1 unspecified atom stereocenters. The van der Waals surface area contributed by atoms with Crippen molar-refractivity contribution in [3.63, 3.8) is 0 Å². The van der Waals surface area contributed by atoms with Crippen LogP contribution >= 0.6 is 11.6 Å². The predicted molar refractivity (Wildman–Crippen MR) is 91.9 cm³/mol. The first-order valence-corrected chi connectivity index (χ1v) is 8.62. The zero-order valence-electron chi connectivity index (χ0n) is 13.6. The molecule has 0 radical (unpaired) electrons. The van der Waals surface area contributed by atoms with E-state index in [0.717, 1.165) is 5.56 Å². The minimum Gasteiger partial charge on any atom is -0.354 e. The van der Waals surface area contributed by atoms with E-state index in [-0.39, 0.29) is 17.9 Å². The summed E-state index contributed by atoms with van der Waals surface area (Å²) in [5, 5.41) is 10.3. The number of piperidine rings is 1. The second kappa shape index (κ2) is 8.11. The van der Waals surface area contributed by atoms with E-state index in [2.05, 4.69) is 20.8 Å². The first kappa shape index (κ1) is 17.4. The van der Waals surface area contributed by atoms with Crippen LogP contribution in [0.4, 0.5) is 0 Å². The topological polar surface area (TPSA) is 97.1 Å². The lowest BCUT2D eigenvalue weighted by atomic mass is 10.1. The van der Waals surface area contributed by atoms with Gasteiger partial charge in [-0.1, -0.05) is 16.8 Å². The molecule has 7 nitrogen and oxygen atoms in total. The number of aryl methyl sites for hydroxylation is 1. The highest BCUT2D eigenvalue weighted by atomic mass is 35.5. The van der Waals surface area contributed by atoms with Gasteiger partial charge in [0.25, 0.3) is 0 Å². The van der Waals surface area contributed by atoms with Crippen LogP contribution in [-0.4, -0.2) is 34.5 Å². The van der Waals surface area contributed by atoms with Gasteiger partial charge in [-0.05, 0) is 37.1 Å². The van der Waals surface area contributed by atoms with Gasteiger partial charge in [0.15, 0.2) is 0 Å². The van der Waals surface area contributed by atoms with Gasteiger partial charge in [-0.25, -0.2) is 0 Å². The number of amides is 2. The van der Waals surface area contributed by atoms with E-state index >= 15 is 0 Å². The van der Waals surface area contributed by atoms with Crippen LogP contribution in [0.1, 0.15) is 31.6 Å². The monoisotopic (exact) mass is 362 g/mol. The number of rotatable bonds is 6. The number of carbonyl (C=O) groups excluding carboxylic acids is 2. The largest absolute Gasteiger partial charge is 0.354 e. The molecule has 1 fully saturated rings. The summed E-state index contributed by atoms with van der Waals surface area (Å²) in [5.41, 5.74) is 0.830. The normalized spacial score (nSPS) is 17.2. The Labute approximate surface area is 150 Å². The first-order chi connectivity index (χ1) is 12.1. The Balaban J connectivity index is 1.42. The molecule has 0 bridgehead atoms. The molecule has 2 amide bonds. The molecule has 3 rings (SSSR count). The van der Waals surface area contributed by atoms with Crippen LogP contribution in [0, 0.1) is 0 Å². The highest BCUT2D eigenvalue weighted by Crippen LogP contribution is 2.19. The van der Waals surface area contributed by atoms with Gasteiger partial charge in [-0.15, -0.1) is 0 Å². The zero-order chi connectivity index (χ0) is 17.6. The summed E-state index contributed by atoms with van der Waals surface area (Å²) in [7, 11) is 0. The molecule has 1 aromatic heterocycles. The standard InChI is InChI=1S/C17H19ClN4O3/c18-12-6-4-11(5-7-12)17-21-16(25-22-17)3-1-2-15(24)20-13-8-9-14(23)19-10-13/h4-7,13H,1-3,8-10H2,(H,19,23)(H,20,24). The van der Waals surface area contributed by atoms with Gasteiger partial charge in [0.05, 0.1) is 0 Å². The third kappa shape index (κ3) is 5.03. The maximum Gasteiger partial charge on any atom is 0.226 e. The fraction of sp³-hybridized carbons (Fsp3) is 0.412. The third-order valence-electron chi connectivity index (χ3n) is 4.00. The molecule has 2 aromatic rings. The van der Waals surface area contributed by atoms with Crippen molar-refractivity contribution >= 4 is 23.4 Å². The van der Waals surface area contributed by atoms with Crippen molar-refractivity contribution in [2.24, 2.45) is 0 Å². The molecule has 25 heavy (non-hydrogen) atoms. The van der Waals surface area contributed by atoms with E-state index < -0.39 is 0 Å². The Morgan fingerprint density at radius 3 is 2.88 bits per heavy atom. The summed E-state index contributed by atoms with van der Waals surface area (Å²) in [4.78, 5) is 27.4. The van der Waals surface area contributed by atoms with Crippen LogP contribution in [0.3, 0.4) is 0 Å².